The van der Waals surface area contributed by atoms with Crippen LogP contribution in [-0.4, -0.2) is 77.2 Å². The average Bonchev–Trinajstić information content (AvgIpc) is 2.85. The number of hydrogen-bond acceptors (Lipinski definition) is 5. The van der Waals surface area contributed by atoms with Crippen molar-refractivity contribution < 1.29 is 19.2 Å². The second-order valence-corrected chi connectivity index (χ2v) is 7.17. The molecule has 0 aromatic heterocycles. The molecule has 27 heavy (non-hydrogen) atoms. The standard InChI is InChI=1S/C18H21ClN4O4/c1-12(2)23-17(26)16(25)22(18(23)27)11-15(24)21-9-7-20(8-10-21)14-6-4-3-5-13(14)19/h3-6,12H,7-11H2,1-2H3. The smallest absolute Gasteiger partial charge is 0.334 e. The van der Waals surface area contributed by atoms with E-state index in [-0.39, 0.29) is 5.91 Å². The zero-order valence-corrected chi connectivity index (χ0v) is 16.0. The second kappa shape index (κ2) is 7.56. The second-order valence-electron chi connectivity index (χ2n) is 6.76. The first-order valence-electron chi connectivity index (χ1n) is 8.77. The van der Waals surface area contributed by atoms with E-state index in [0.717, 1.165) is 15.5 Å². The van der Waals surface area contributed by atoms with Crippen LogP contribution in [0, 0.1) is 0 Å². The van der Waals surface area contributed by atoms with Crippen LogP contribution in [-0.2, 0) is 14.4 Å². The van der Waals surface area contributed by atoms with Gasteiger partial charge in [-0.05, 0) is 26.0 Å². The number of benzene rings is 1. The summed E-state index contributed by atoms with van der Waals surface area (Å²) in [6, 6.07) is 6.33. The molecule has 0 saturated carbocycles. The number of carbonyl (C=O) groups is 4. The lowest BCUT2D eigenvalue weighted by molar-refractivity contribution is -0.145. The van der Waals surface area contributed by atoms with Gasteiger partial charge in [-0.3, -0.25) is 19.3 Å². The molecule has 2 aliphatic heterocycles. The van der Waals surface area contributed by atoms with Gasteiger partial charge in [-0.2, -0.15) is 0 Å². The van der Waals surface area contributed by atoms with Gasteiger partial charge >= 0.3 is 17.8 Å². The number of anilines is 1. The highest BCUT2D eigenvalue weighted by molar-refractivity contribution is 6.45. The number of imide groups is 2. The van der Waals surface area contributed by atoms with E-state index in [4.69, 9.17) is 11.6 Å². The first-order valence-corrected chi connectivity index (χ1v) is 9.15. The molecule has 5 amide bonds. The molecule has 0 aliphatic carbocycles. The highest BCUT2D eigenvalue weighted by atomic mass is 35.5. The number of para-hydroxylation sites is 1. The summed E-state index contributed by atoms with van der Waals surface area (Å²) in [5.74, 6) is -2.18. The van der Waals surface area contributed by atoms with Crippen molar-refractivity contribution in [2.45, 2.75) is 19.9 Å². The van der Waals surface area contributed by atoms with Gasteiger partial charge < -0.3 is 9.80 Å². The first kappa shape index (κ1) is 19.2. The molecule has 0 bridgehead atoms. The largest absolute Gasteiger partial charge is 0.367 e. The fourth-order valence-electron chi connectivity index (χ4n) is 3.26. The molecule has 8 nitrogen and oxygen atoms in total. The Balaban J connectivity index is 1.60. The number of nitrogens with zero attached hydrogens (tertiary/aromatic N) is 4. The zero-order chi connectivity index (χ0) is 19.7. The predicted octanol–water partition coefficient (Wildman–Crippen LogP) is 1.19. The normalized spacial score (nSPS) is 18.1. The predicted molar refractivity (Wildman–Crippen MR) is 99.3 cm³/mol. The number of hydrogen-bond donors (Lipinski definition) is 0. The van der Waals surface area contributed by atoms with Crippen LogP contribution in [0.2, 0.25) is 5.02 Å². The molecule has 2 heterocycles. The molecule has 0 spiro atoms. The fourth-order valence-corrected chi connectivity index (χ4v) is 3.51. The maximum absolute atomic E-state index is 12.5. The van der Waals surface area contributed by atoms with E-state index in [2.05, 4.69) is 4.90 Å². The minimum Gasteiger partial charge on any atom is -0.367 e. The van der Waals surface area contributed by atoms with Gasteiger partial charge in [0, 0.05) is 32.2 Å². The van der Waals surface area contributed by atoms with Crippen molar-refractivity contribution in [3.63, 3.8) is 0 Å². The van der Waals surface area contributed by atoms with Crippen molar-refractivity contribution >= 4 is 41.0 Å². The summed E-state index contributed by atoms with van der Waals surface area (Å²) in [6.45, 7) is 4.94. The zero-order valence-electron chi connectivity index (χ0n) is 15.2. The Bertz CT molecular complexity index is 789. The Hall–Kier alpha value is -2.61. The Morgan fingerprint density at radius 3 is 2.22 bits per heavy atom. The summed E-state index contributed by atoms with van der Waals surface area (Å²) in [6.07, 6.45) is 0. The quantitative estimate of drug-likeness (QED) is 0.568. The fraction of sp³-hybridized carbons (Fsp3) is 0.444. The van der Waals surface area contributed by atoms with Crippen molar-refractivity contribution in [1.82, 2.24) is 14.7 Å². The molecular weight excluding hydrogens is 372 g/mol. The van der Waals surface area contributed by atoms with E-state index < -0.39 is 30.4 Å². The molecule has 3 rings (SSSR count). The van der Waals surface area contributed by atoms with E-state index in [0.29, 0.717) is 31.2 Å². The van der Waals surface area contributed by atoms with Crippen molar-refractivity contribution in [1.29, 1.82) is 0 Å². The third-order valence-electron chi connectivity index (χ3n) is 4.72. The van der Waals surface area contributed by atoms with Crippen LogP contribution in [0.1, 0.15) is 13.8 Å². The van der Waals surface area contributed by atoms with Crippen molar-refractivity contribution in [2.75, 3.05) is 37.6 Å². The highest BCUT2D eigenvalue weighted by Crippen LogP contribution is 2.26. The van der Waals surface area contributed by atoms with E-state index in [1.165, 1.54) is 0 Å². The summed E-state index contributed by atoms with van der Waals surface area (Å²) in [5.41, 5.74) is 0.911. The minimum atomic E-state index is -0.947. The topological polar surface area (TPSA) is 81.2 Å². The number of amides is 5. The lowest BCUT2D eigenvalue weighted by atomic mass is 10.2. The van der Waals surface area contributed by atoms with Gasteiger partial charge in [0.1, 0.15) is 6.54 Å². The van der Waals surface area contributed by atoms with E-state index in [9.17, 15) is 19.2 Å². The van der Waals surface area contributed by atoms with Crippen molar-refractivity contribution in [2.24, 2.45) is 0 Å². The van der Waals surface area contributed by atoms with Gasteiger partial charge in [0.25, 0.3) is 0 Å². The van der Waals surface area contributed by atoms with Gasteiger partial charge in [0.15, 0.2) is 0 Å². The number of urea groups is 1. The summed E-state index contributed by atoms with van der Waals surface area (Å²) in [7, 11) is 0. The monoisotopic (exact) mass is 392 g/mol. The number of rotatable bonds is 4. The Labute approximate surface area is 162 Å². The van der Waals surface area contributed by atoms with E-state index in [1.807, 2.05) is 24.3 Å². The first-order chi connectivity index (χ1) is 12.8. The van der Waals surface area contributed by atoms with E-state index >= 15 is 0 Å². The molecule has 0 N–H and O–H groups in total. The van der Waals surface area contributed by atoms with Crippen LogP contribution in [0.25, 0.3) is 0 Å². The van der Waals surface area contributed by atoms with Crippen LogP contribution in [0.15, 0.2) is 24.3 Å². The van der Waals surface area contributed by atoms with Gasteiger partial charge in [-0.15, -0.1) is 0 Å². The number of carbonyl (C=O) groups excluding carboxylic acids is 4. The lowest BCUT2D eigenvalue weighted by Gasteiger charge is -2.36. The Morgan fingerprint density at radius 2 is 1.67 bits per heavy atom. The molecule has 0 atom stereocenters. The van der Waals surface area contributed by atoms with Gasteiger partial charge in [-0.25, -0.2) is 9.69 Å². The number of halogens is 1. The molecule has 9 heteroatoms. The summed E-state index contributed by atoms with van der Waals surface area (Å²) >= 11 is 6.21. The Morgan fingerprint density at radius 1 is 1.04 bits per heavy atom. The third kappa shape index (κ3) is 3.62. The third-order valence-corrected chi connectivity index (χ3v) is 5.04. The molecule has 1 aromatic rings. The molecule has 2 aliphatic rings. The van der Waals surface area contributed by atoms with Gasteiger partial charge in [-0.1, -0.05) is 23.7 Å². The van der Waals surface area contributed by atoms with Crippen LogP contribution < -0.4 is 4.90 Å². The lowest BCUT2D eigenvalue weighted by Crippen LogP contribution is -2.52. The molecule has 144 valence electrons. The molecule has 0 unspecified atom stereocenters. The van der Waals surface area contributed by atoms with Gasteiger partial charge in [0.2, 0.25) is 5.91 Å². The van der Waals surface area contributed by atoms with Crippen LogP contribution in [0.5, 0.6) is 0 Å². The average molecular weight is 393 g/mol. The number of piperazine rings is 1. The Kier molecular flexibility index (Phi) is 5.36. The van der Waals surface area contributed by atoms with Crippen LogP contribution in [0.3, 0.4) is 0 Å². The maximum atomic E-state index is 12.5. The molecule has 2 fully saturated rings. The minimum absolute atomic E-state index is 0.353. The SMILES string of the molecule is CC(C)N1C(=O)C(=O)N(CC(=O)N2CCN(c3ccccc3Cl)CC2)C1=O. The highest BCUT2D eigenvalue weighted by Gasteiger charge is 2.46. The van der Waals surface area contributed by atoms with Gasteiger partial charge in [0.05, 0.1) is 10.7 Å². The van der Waals surface area contributed by atoms with Crippen molar-refractivity contribution in [3.8, 4) is 0 Å². The van der Waals surface area contributed by atoms with Crippen molar-refractivity contribution in [3.05, 3.63) is 29.3 Å². The van der Waals surface area contributed by atoms with Crippen LogP contribution in [0.4, 0.5) is 10.5 Å². The molecular formula is C18H21ClN4O4. The van der Waals surface area contributed by atoms with E-state index in [1.54, 1.807) is 18.7 Å². The summed E-state index contributed by atoms with van der Waals surface area (Å²) < 4.78 is 0. The molecule has 0 radical (unpaired) electrons. The molecule has 1 aromatic carbocycles. The molecule has 2 saturated heterocycles. The van der Waals surface area contributed by atoms with Crippen LogP contribution >= 0.6 is 11.6 Å². The summed E-state index contributed by atoms with van der Waals surface area (Å²) in [4.78, 5) is 54.1. The summed E-state index contributed by atoms with van der Waals surface area (Å²) in [5, 5.41) is 0.651. The maximum Gasteiger partial charge on any atom is 0.334 e.